The van der Waals surface area contributed by atoms with Crippen molar-refractivity contribution in [3.05, 3.63) is 70.2 Å². The van der Waals surface area contributed by atoms with Gasteiger partial charge in [0, 0.05) is 7.05 Å². The Kier molecular flexibility index (Phi) is 6.85. The molecule has 0 radical (unpaired) electrons. The number of methoxy groups -OCH3 is 1. The van der Waals surface area contributed by atoms with Crippen LogP contribution < -0.4 is 10.1 Å². The lowest BCUT2D eigenvalue weighted by Crippen LogP contribution is -2.37. The molecule has 3 rings (SSSR count). The van der Waals surface area contributed by atoms with E-state index in [2.05, 4.69) is 5.32 Å². The van der Waals surface area contributed by atoms with E-state index in [1.54, 1.807) is 32.4 Å². The van der Waals surface area contributed by atoms with Crippen molar-refractivity contribution < 1.29 is 14.3 Å². The second-order valence-corrected chi connectivity index (χ2v) is 7.85. The lowest BCUT2D eigenvalue weighted by atomic mass is 9.96. The maximum atomic E-state index is 12.9. The molecule has 0 saturated heterocycles. The molecule has 0 fully saturated rings. The van der Waals surface area contributed by atoms with Gasteiger partial charge in [-0.15, -0.1) is 0 Å². The van der Waals surface area contributed by atoms with Gasteiger partial charge in [0.2, 0.25) is 11.8 Å². The van der Waals surface area contributed by atoms with Gasteiger partial charge in [-0.05, 0) is 47.5 Å². The SMILES string of the molecule is COc1ccc2cc([C@H](C)C(=O)N(C)CC(=O)Nc3c(Cl)cccc3Cl)ccc2c1. The van der Waals surface area contributed by atoms with Crippen molar-refractivity contribution in [1.82, 2.24) is 4.90 Å². The van der Waals surface area contributed by atoms with Gasteiger partial charge in [0.15, 0.2) is 0 Å². The van der Waals surface area contributed by atoms with Crippen LogP contribution in [0.2, 0.25) is 10.0 Å². The van der Waals surface area contributed by atoms with E-state index in [-0.39, 0.29) is 18.4 Å². The van der Waals surface area contributed by atoms with Crippen LogP contribution in [0, 0.1) is 0 Å². The van der Waals surface area contributed by atoms with Crippen molar-refractivity contribution in [3.8, 4) is 5.75 Å². The molecule has 7 heteroatoms. The molecular weight excluding hydrogens is 423 g/mol. The molecule has 0 spiro atoms. The summed E-state index contributed by atoms with van der Waals surface area (Å²) in [6, 6.07) is 16.6. The molecule has 0 bridgehead atoms. The molecular formula is C23H22Cl2N2O3. The van der Waals surface area contributed by atoms with Crippen LogP contribution >= 0.6 is 23.2 Å². The van der Waals surface area contributed by atoms with E-state index < -0.39 is 5.92 Å². The zero-order valence-corrected chi connectivity index (χ0v) is 18.4. The Bertz CT molecular complexity index is 1080. The van der Waals surface area contributed by atoms with Crippen LogP contribution in [0.5, 0.6) is 5.75 Å². The van der Waals surface area contributed by atoms with Crippen molar-refractivity contribution in [3.63, 3.8) is 0 Å². The number of halogens is 2. The Morgan fingerprint density at radius 3 is 2.33 bits per heavy atom. The summed E-state index contributed by atoms with van der Waals surface area (Å²) in [5, 5.41) is 5.39. The third-order valence-corrected chi connectivity index (χ3v) is 5.56. The van der Waals surface area contributed by atoms with E-state index in [4.69, 9.17) is 27.9 Å². The molecule has 3 aromatic rings. The highest BCUT2D eigenvalue weighted by Crippen LogP contribution is 2.30. The number of likely N-dealkylation sites (N-methyl/N-ethyl adjacent to an activating group) is 1. The minimum absolute atomic E-state index is 0.116. The zero-order chi connectivity index (χ0) is 21.8. The van der Waals surface area contributed by atoms with Crippen LogP contribution in [0.4, 0.5) is 5.69 Å². The van der Waals surface area contributed by atoms with E-state index in [9.17, 15) is 9.59 Å². The van der Waals surface area contributed by atoms with Crippen LogP contribution in [0.15, 0.2) is 54.6 Å². The smallest absolute Gasteiger partial charge is 0.244 e. The maximum absolute atomic E-state index is 12.9. The molecule has 0 saturated carbocycles. The van der Waals surface area contributed by atoms with E-state index in [1.165, 1.54) is 4.90 Å². The molecule has 0 aliphatic carbocycles. The molecule has 0 heterocycles. The molecule has 0 aromatic heterocycles. The Hall–Kier alpha value is -2.76. The molecule has 5 nitrogen and oxygen atoms in total. The Balaban J connectivity index is 1.69. The second kappa shape index (κ2) is 9.37. The molecule has 0 aliphatic heterocycles. The topological polar surface area (TPSA) is 58.6 Å². The van der Waals surface area contributed by atoms with Crippen molar-refractivity contribution in [2.75, 3.05) is 26.0 Å². The summed E-state index contributed by atoms with van der Waals surface area (Å²) in [6.45, 7) is 1.71. The van der Waals surface area contributed by atoms with Crippen LogP contribution in [0.3, 0.4) is 0 Å². The van der Waals surface area contributed by atoms with Gasteiger partial charge in [0.25, 0.3) is 0 Å². The van der Waals surface area contributed by atoms with Crippen LogP contribution in [0.1, 0.15) is 18.4 Å². The number of benzene rings is 3. The number of carbonyl (C=O) groups is 2. The average molecular weight is 445 g/mol. The highest BCUT2D eigenvalue weighted by atomic mass is 35.5. The largest absolute Gasteiger partial charge is 0.497 e. The number of rotatable bonds is 6. The summed E-state index contributed by atoms with van der Waals surface area (Å²) in [5.41, 5.74) is 1.21. The lowest BCUT2D eigenvalue weighted by molar-refractivity contribution is -0.134. The first-order valence-electron chi connectivity index (χ1n) is 9.36. The molecule has 0 unspecified atom stereocenters. The first kappa shape index (κ1) is 21.9. The molecule has 0 aliphatic rings. The first-order chi connectivity index (χ1) is 14.3. The van der Waals surface area contributed by atoms with Crippen molar-refractivity contribution in [2.45, 2.75) is 12.8 Å². The molecule has 1 N–H and O–H groups in total. The summed E-state index contributed by atoms with van der Waals surface area (Å²) >= 11 is 12.2. The fourth-order valence-electron chi connectivity index (χ4n) is 3.20. The van der Waals surface area contributed by atoms with Gasteiger partial charge >= 0.3 is 0 Å². The van der Waals surface area contributed by atoms with E-state index >= 15 is 0 Å². The average Bonchev–Trinajstić information content (AvgIpc) is 2.74. The second-order valence-electron chi connectivity index (χ2n) is 7.03. The summed E-state index contributed by atoms with van der Waals surface area (Å²) < 4.78 is 5.25. The van der Waals surface area contributed by atoms with Gasteiger partial charge in [-0.2, -0.15) is 0 Å². The van der Waals surface area contributed by atoms with Gasteiger partial charge in [-0.1, -0.05) is 53.5 Å². The standard InChI is InChI=1S/C23H22Cl2N2O3/c1-14(15-7-8-17-12-18(30-3)10-9-16(17)11-15)23(29)27(2)13-21(28)26-22-19(24)5-4-6-20(22)25/h4-12,14H,13H2,1-3H3,(H,26,28)/t14-/m0/s1. The number of nitrogens with zero attached hydrogens (tertiary/aromatic N) is 1. The summed E-state index contributed by atoms with van der Waals surface area (Å²) in [5.74, 6) is -0.163. The number of amides is 2. The molecule has 1 atom stereocenters. The van der Waals surface area contributed by atoms with Crippen molar-refractivity contribution in [2.24, 2.45) is 0 Å². The van der Waals surface area contributed by atoms with Gasteiger partial charge in [0.05, 0.1) is 35.3 Å². The fraction of sp³-hybridized carbons (Fsp3) is 0.217. The minimum atomic E-state index is -0.404. The monoisotopic (exact) mass is 444 g/mol. The van der Waals surface area contributed by atoms with Crippen LogP contribution in [0.25, 0.3) is 10.8 Å². The summed E-state index contributed by atoms with van der Waals surface area (Å²) in [7, 11) is 3.22. The molecule has 2 amide bonds. The quantitative estimate of drug-likeness (QED) is 0.556. The normalized spacial score (nSPS) is 11.8. The maximum Gasteiger partial charge on any atom is 0.244 e. The lowest BCUT2D eigenvalue weighted by Gasteiger charge is -2.22. The number of carbonyl (C=O) groups excluding carboxylic acids is 2. The third-order valence-electron chi connectivity index (χ3n) is 4.93. The number of para-hydroxylation sites is 1. The minimum Gasteiger partial charge on any atom is -0.497 e. The number of ether oxygens (including phenoxy) is 1. The summed E-state index contributed by atoms with van der Waals surface area (Å²) in [6.07, 6.45) is 0. The van der Waals surface area contributed by atoms with Crippen molar-refractivity contribution >= 4 is 51.5 Å². The highest BCUT2D eigenvalue weighted by Gasteiger charge is 2.22. The molecule has 3 aromatic carbocycles. The number of hydrogen-bond acceptors (Lipinski definition) is 3. The van der Waals surface area contributed by atoms with Gasteiger partial charge < -0.3 is 15.0 Å². The van der Waals surface area contributed by atoms with Crippen LogP contribution in [-0.2, 0) is 9.59 Å². The van der Waals surface area contributed by atoms with Gasteiger partial charge in [-0.25, -0.2) is 0 Å². The predicted molar refractivity (Wildman–Crippen MR) is 122 cm³/mol. The van der Waals surface area contributed by atoms with Gasteiger partial charge in [-0.3, -0.25) is 9.59 Å². The first-order valence-corrected chi connectivity index (χ1v) is 10.1. The molecule has 156 valence electrons. The Morgan fingerprint density at radius 2 is 1.67 bits per heavy atom. The van der Waals surface area contributed by atoms with Crippen molar-refractivity contribution in [1.29, 1.82) is 0 Å². The van der Waals surface area contributed by atoms with E-state index in [0.717, 1.165) is 22.1 Å². The number of fused-ring (bicyclic) bond motifs is 1. The Labute approximate surface area is 185 Å². The number of hydrogen-bond donors (Lipinski definition) is 1. The van der Waals surface area contributed by atoms with Gasteiger partial charge in [0.1, 0.15) is 5.75 Å². The zero-order valence-electron chi connectivity index (χ0n) is 16.9. The molecule has 30 heavy (non-hydrogen) atoms. The van der Waals surface area contributed by atoms with E-state index in [0.29, 0.717) is 15.7 Å². The Morgan fingerprint density at radius 1 is 1.03 bits per heavy atom. The van der Waals surface area contributed by atoms with Crippen LogP contribution in [-0.4, -0.2) is 37.4 Å². The predicted octanol–water partition coefficient (Wildman–Crippen LogP) is 5.36. The third kappa shape index (κ3) is 4.86. The number of anilines is 1. The van der Waals surface area contributed by atoms with E-state index in [1.807, 2.05) is 43.3 Å². The highest BCUT2D eigenvalue weighted by molar-refractivity contribution is 6.39. The summed E-state index contributed by atoms with van der Waals surface area (Å²) in [4.78, 5) is 26.7. The number of nitrogens with one attached hydrogen (secondary N) is 1. The fourth-order valence-corrected chi connectivity index (χ4v) is 3.69.